The number of hydrogen-bond donors (Lipinski definition) is 0. The number of ketones is 1. The molecule has 132 valence electrons. The molecule has 2 aromatic carbocycles. The molecule has 0 unspecified atom stereocenters. The van der Waals surface area contributed by atoms with Crippen LogP contribution in [0.2, 0.25) is 5.02 Å². The van der Waals surface area contributed by atoms with Gasteiger partial charge in [-0.1, -0.05) is 17.7 Å². The van der Waals surface area contributed by atoms with Crippen molar-refractivity contribution in [2.75, 3.05) is 0 Å². The maximum absolute atomic E-state index is 12.5. The third kappa shape index (κ3) is 5.41. The quantitative estimate of drug-likeness (QED) is 0.183. The summed E-state index contributed by atoms with van der Waals surface area (Å²) in [5, 5.41) is 0.420. The van der Waals surface area contributed by atoms with Crippen molar-refractivity contribution in [1.82, 2.24) is 0 Å². The molecule has 25 heavy (non-hydrogen) atoms. The van der Waals surface area contributed by atoms with Crippen LogP contribution in [0.15, 0.2) is 53.9 Å². The van der Waals surface area contributed by atoms with Gasteiger partial charge in [-0.3, -0.25) is 4.79 Å². The summed E-state index contributed by atoms with van der Waals surface area (Å²) in [4.78, 5) is 12.4. The molecule has 0 saturated heterocycles. The normalized spacial score (nSPS) is 11.2. The molecule has 4 nitrogen and oxygen atoms in total. The van der Waals surface area contributed by atoms with Crippen molar-refractivity contribution in [3.05, 3.63) is 66.8 Å². The van der Waals surface area contributed by atoms with E-state index >= 15 is 0 Å². The van der Waals surface area contributed by atoms with E-state index in [1.54, 1.807) is 18.2 Å². The number of halogens is 3. The number of allylic oxidation sites excluding steroid dienone is 1. The molecular formula is C17H13ClI2O4S. The van der Waals surface area contributed by atoms with Gasteiger partial charge in [-0.2, -0.15) is 8.42 Å². The van der Waals surface area contributed by atoms with Gasteiger partial charge in [0.2, 0.25) is 0 Å². The molecule has 0 aliphatic heterocycles. The molecule has 0 fully saturated rings. The molecule has 0 spiro atoms. The summed E-state index contributed by atoms with van der Waals surface area (Å²) in [6, 6.07) is 9.02. The van der Waals surface area contributed by atoms with E-state index < -0.39 is 10.1 Å². The van der Waals surface area contributed by atoms with Crippen molar-refractivity contribution in [3.63, 3.8) is 0 Å². The van der Waals surface area contributed by atoms with Crippen molar-refractivity contribution in [3.8, 4) is 5.75 Å². The molecule has 0 aliphatic rings. The molecule has 2 aromatic rings. The summed E-state index contributed by atoms with van der Waals surface area (Å²) in [6.07, 6.45) is 2.38. The first-order valence-corrected chi connectivity index (χ1v) is 11.0. The Morgan fingerprint density at radius 1 is 1.20 bits per heavy atom. The number of carbonyl (C=O) groups excluding carboxylic acids is 1. The minimum Gasteiger partial charge on any atom is -0.377 e. The second-order valence-electron chi connectivity index (χ2n) is 5.01. The summed E-state index contributed by atoms with van der Waals surface area (Å²) >= 11 is 9.82. The number of rotatable bonds is 7. The van der Waals surface area contributed by atoms with Gasteiger partial charge in [-0.25, -0.2) is 0 Å². The molecule has 0 aromatic heterocycles. The lowest BCUT2D eigenvalue weighted by Crippen LogP contribution is -2.14. The number of benzene rings is 2. The van der Waals surface area contributed by atoms with Gasteiger partial charge in [0.25, 0.3) is 0 Å². The number of hydrogen-bond acceptors (Lipinski definition) is 4. The predicted octanol–water partition coefficient (Wildman–Crippen LogP) is 5.47. The largest absolute Gasteiger partial charge is 0.377 e. The van der Waals surface area contributed by atoms with Crippen molar-refractivity contribution >= 4 is 72.7 Å². The summed E-state index contributed by atoms with van der Waals surface area (Å²) in [6.45, 7) is 3.60. The van der Waals surface area contributed by atoms with Crippen molar-refractivity contribution < 1.29 is 17.4 Å². The molecule has 0 amide bonds. The fourth-order valence-electron chi connectivity index (χ4n) is 1.98. The molecule has 0 heterocycles. The summed E-state index contributed by atoms with van der Waals surface area (Å²) in [5.41, 5.74) is 0.246. The van der Waals surface area contributed by atoms with E-state index in [-0.39, 0.29) is 28.4 Å². The smallest absolute Gasteiger partial charge is 0.339 e. The standard InChI is InChI=1S/C17H13ClI2O4S/c1-2-3-4-16(21)14-9-12(19)10-15(20)17(14)24-25(22,23)13-7-5-11(18)6-8-13/h2,5-10H,1,3-4H2. The van der Waals surface area contributed by atoms with Crippen molar-refractivity contribution in [2.45, 2.75) is 17.7 Å². The highest BCUT2D eigenvalue weighted by Gasteiger charge is 2.23. The molecule has 0 N–H and O–H groups in total. The first kappa shape index (κ1) is 20.7. The highest BCUT2D eigenvalue weighted by atomic mass is 127. The molecule has 2 rings (SSSR count). The van der Waals surface area contributed by atoms with E-state index in [2.05, 4.69) is 29.2 Å². The maximum Gasteiger partial charge on any atom is 0.339 e. The predicted molar refractivity (Wildman–Crippen MR) is 115 cm³/mol. The van der Waals surface area contributed by atoms with E-state index in [1.807, 2.05) is 22.6 Å². The van der Waals surface area contributed by atoms with Gasteiger partial charge in [0.15, 0.2) is 11.5 Å². The Morgan fingerprint density at radius 2 is 1.84 bits per heavy atom. The summed E-state index contributed by atoms with van der Waals surface area (Å²) in [7, 11) is -4.08. The van der Waals surface area contributed by atoms with Gasteiger partial charge in [0.05, 0.1) is 9.13 Å². The third-order valence-electron chi connectivity index (χ3n) is 3.18. The monoisotopic (exact) mass is 602 g/mol. The Kier molecular flexibility index (Phi) is 7.29. The van der Waals surface area contributed by atoms with Crippen molar-refractivity contribution in [2.24, 2.45) is 0 Å². The van der Waals surface area contributed by atoms with Gasteiger partial charge in [-0.05, 0) is 88.0 Å². The van der Waals surface area contributed by atoms with Crippen LogP contribution in [0.25, 0.3) is 0 Å². The lowest BCUT2D eigenvalue weighted by Gasteiger charge is -2.13. The van der Waals surface area contributed by atoms with E-state index in [4.69, 9.17) is 15.8 Å². The lowest BCUT2D eigenvalue weighted by atomic mass is 10.1. The van der Waals surface area contributed by atoms with Crippen LogP contribution in [0.1, 0.15) is 23.2 Å². The minimum atomic E-state index is -4.08. The second-order valence-corrected chi connectivity index (χ2v) is 9.40. The zero-order chi connectivity index (χ0) is 18.6. The van der Waals surface area contributed by atoms with Gasteiger partial charge >= 0.3 is 10.1 Å². The minimum absolute atomic E-state index is 0.0317. The Bertz CT molecular complexity index is 909. The van der Waals surface area contributed by atoms with Crippen LogP contribution in [0, 0.1) is 7.14 Å². The fraction of sp³-hybridized carbons (Fsp3) is 0.118. The van der Waals surface area contributed by atoms with Gasteiger partial charge in [-0.15, -0.1) is 6.58 Å². The second kappa shape index (κ2) is 8.83. The number of Topliss-reactive ketones (excluding diaryl/α,β-unsaturated/α-hetero) is 1. The molecular weight excluding hydrogens is 590 g/mol. The van der Waals surface area contributed by atoms with Gasteiger partial charge in [0, 0.05) is 15.0 Å². The highest BCUT2D eigenvalue weighted by molar-refractivity contribution is 14.1. The molecule has 0 bridgehead atoms. The zero-order valence-electron chi connectivity index (χ0n) is 12.8. The summed E-state index contributed by atoms with van der Waals surface area (Å²) < 4.78 is 31.8. The molecule has 0 radical (unpaired) electrons. The maximum atomic E-state index is 12.5. The van der Waals surface area contributed by atoms with E-state index in [0.717, 1.165) is 3.57 Å². The summed E-state index contributed by atoms with van der Waals surface area (Å²) in [5.74, 6) is -0.150. The lowest BCUT2D eigenvalue weighted by molar-refractivity contribution is 0.0982. The van der Waals surface area contributed by atoms with Gasteiger partial charge < -0.3 is 4.18 Å². The van der Waals surface area contributed by atoms with Crippen LogP contribution >= 0.6 is 56.8 Å². The fourth-order valence-corrected chi connectivity index (χ4v) is 5.17. The van der Waals surface area contributed by atoms with Crippen LogP contribution in [0.5, 0.6) is 5.75 Å². The third-order valence-corrected chi connectivity index (χ3v) is 6.09. The molecule has 0 aliphatic carbocycles. The highest BCUT2D eigenvalue weighted by Crippen LogP contribution is 2.32. The van der Waals surface area contributed by atoms with Crippen LogP contribution in [-0.4, -0.2) is 14.2 Å². The van der Waals surface area contributed by atoms with Crippen LogP contribution < -0.4 is 4.18 Å². The first-order chi connectivity index (χ1) is 11.7. The van der Waals surface area contributed by atoms with Crippen LogP contribution in [0.4, 0.5) is 0 Å². The van der Waals surface area contributed by atoms with Crippen LogP contribution in [-0.2, 0) is 10.1 Å². The van der Waals surface area contributed by atoms with Crippen LogP contribution in [0.3, 0.4) is 0 Å². The Hall–Kier alpha value is -0.650. The average molecular weight is 603 g/mol. The Balaban J connectivity index is 2.46. The Morgan fingerprint density at radius 3 is 2.44 bits per heavy atom. The zero-order valence-corrected chi connectivity index (χ0v) is 18.7. The van der Waals surface area contributed by atoms with Gasteiger partial charge in [0.1, 0.15) is 4.90 Å². The topological polar surface area (TPSA) is 60.4 Å². The first-order valence-electron chi connectivity index (χ1n) is 7.08. The van der Waals surface area contributed by atoms with Crippen molar-refractivity contribution in [1.29, 1.82) is 0 Å². The van der Waals surface area contributed by atoms with E-state index in [1.165, 1.54) is 24.3 Å². The molecule has 8 heteroatoms. The molecule has 0 atom stereocenters. The Labute approximate surface area is 179 Å². The number of carbonyl (C=O) groups is 1. The average Bonchev–Trinajstić information content (AvgIpc) is 2.55. The van der Waals surface area contributed by atoms with E-state index in [9.17, 15) is 13.2 Å². The molecule has 0 saturated carbocycles. The van der Waals surface area contributed by atoms with E-state index in [0.29, 0.717) is 15.0 Å². The SMILES string of the molecule is C=CCCC(=O)c1cc(I)cc(I)c1OS(=O)(=O)c1ccc(Cl)cc1.